The van der Waals surface area contributed by atoms with Gasteiger partial charge in [-0.25, -0.2) is 0 Å². The van der Waals surface area contributed by atoms with Crippen molar-refractivity contribution in [2.45, 2.75) is 13.8 Å². The lowest BCUT2D eigenvalue weighted by atomic mass is 10.2. The van der Waals surface area contributed by atoms with Gasteiger partial charge in [0.15, 0.2) is 8.73 Å². The fraction of sp³-hybridized carbons (Fsp3) is 0.105. The fourth-order valence-corrected chi connectivity index (χ4v) is 4.60. The molecule has 0 atom stereocenters. The van der Waals surface area contributed by atoms with Gasteiger partial charge in [-0.1, -0.05) is 35.6 Å². The number of aryl methyl sites for hydroxylation is 2. The van der Waals surface area contributed by atoms with E-state index >= 15 is 0 Å². The molecule has 0 aliphatic rings. The first-order chi connectivity index (χ1) is 12.5. The summed E-state index contributed by atoms with van der Waals surface area (Å²) >= 11 is 12.3. The van der Waals surface area contributed by atoms with E-state index in [1.807, 2.05) is 66.9 Å². The SMILES string of the molecule is Cc1cccc(-n2c(=S)[nH]c3c(sc(=S)n3-c3cccc(C)c3)c2=O)c1. The van der Waals surface area contributed by atoms with Gasteiger partial charge in [0.05, 0.1) is 5.69 Å². The largest absolute Gasteiger partial charge is 0.316 e. The van der Waals surface area contributed by atoms with Crippen LogP contribution in [0.4, 0.5) is 0 Å². The van der Waals surface area contributed by atoms with E-state index in [1.165, 1.54) is 15.9 Å². The minimum absolute atomic E-state index is 0.156. The van der Waals surface area contributed by atoms with Crippen LogP contribution in [0.2, 0.25) is 0 Å². The molecular formula is C19H15N3OS3. The average Bonchev–Trinajstić information content (AvgIpc) is 2.91. The number of thiazole rings is 1. The molecule has 0 amide bonds. The Morgan fingerprint density at radius 2 is 1.50 bits per heavy atom. The van der Waals surface area contributed by atoms with Gasteiger partial charge in [-0.2, -0.15) is 0 Å². The van der Waals surface area contributed by atoms with Crippen LogP contribution in [0.5, 0.6) is 0 Å². The van der Waals surface area contributed by atoms with Gasteiger partial charge < -0.3 is 4.98 Å². The molecule has 0 aliphatic carbocycles. The number of nitrogens with one attached hydrogen (secondary N) is 1. The predicted molar refractivity (Wildman–Crippen MR) is 112 cm³/mol. The van der Waals surface area contributed by atoms with E-state index in [9.17, 15) is 4.79 Å². The second-order valence-electron chi connectivity index (χ2n) is 6.13. The summed E-state index contributed by atoms with van der Waals surface area (Å²) in [6.07, 6.45) is 0. The molecule has 0 aliphatic heterocycles. The lowest BCUT2D eigenvalue weighted by Gasteiger charge is -2.09. The molecule has 0 radical (unpaired) electrons. The van der Waals surface area contributed by atoms with Crippen molar-refractivity contribution in [3.8, 4) is 11.4 Å². The minimum atomic E-state index is -0.156. The summed E-state index contributed by atoms with van der Waals surface area (Å²) in [6, 6.07) is 15.7. The molecule has 7 heteroatoms. The molecule has 1 N–H and O–H groups in total. The van der Waals surface area contributed by atoms with Gasteiger partial charge in [-0.05, 0) is 73.7 Å². The molecule has 26 heavy (non-hydrogen) atoms. The van der Waals surface area contributed by atoms with E-state index in [2.05, 4.69) is 4.98 Å². The number of fused-ring (bicyclic) bond motifs is 1. The second kappa shape index (κ2) is 6.42. The summed E-state index contributed by atoms with van der Waals surface area (Å²) in [5.41, 5.74) is 4.34. The van der Waals surface area contributed by atoms with Crippen molar-refractivity contribution in [3.63, 3.8) is 0 Å². The highest BCUT2D eigenvalue weighted by Crippen LogP contribution is 2.24. The maximum absolute atomic E-state index is 13.2. The maximum atomic E-state index is 13.2. The van der Waals surface area contributed by atoms with Crippen molar-refractivity contribution in [2.75, 3.05) is 0 Å². The first kappa shape index (κ1) is 17.1. The number of H-pyrrole nitrogens is 1. The monoisotopic (exact) mass is 397 g/mol. The van der Waals surface area contributed by atoms with Crippen molar-refractivity contribution in [1.29, 1.82) is 0 Å². The van der Waals surface area contributed by atoms with Gasteiger partial charge in [-0.3, -0.25) is 13.9 Å². The van der Waals surface area contributed by atoms with Gasteiger partial charge >= 0.3 is 0 Å². The van der Waals surface area contributed by atoms with Gasteiger partial charge in [0.2, 0.25) is 0 Å². The van der Waals surface area contributed by atoms with Gasteiger partial charge in [-0.15, -0.1) is 0 Å². The molecule has 2 aromatic carbocycles. The minimum Gasteiger partial charge on any atom is -0.316 e. The third kappa shape index (κ3) is 2.78. The number of rotatable bonds is 2. The Morgan fingerprint density at radius 1 is 0.923 bits per heavy atom. The average molecular weight is 398 g/mol. The first-order valence-corrected chi connectivity index (χ1v) is 9.64. The van der Waals surface area contributed by atoms with Crippen LogP contribution in [-0.4, -0.2) is 14.1 Å². The van der Waals surface area contributed by atoms with Crippen molar-refractivity contribution >= 4 is 46.1 Å². The highest BCUT2D eigenvalue weighted by molar-refractivity contribution is 7.73. The molecule has 0 spiro atoms. The Morgan fingerprint density at radius 3 is 2.08 bits per heavy atom. The van der Waals surface area contributed by atoms with Gasteiger partial charge in [0.25, 0.3) is 5.56 Å². The van der Waals surface area contributed by atoms with Crippen LogP contribution in [0.3, 0.4) is 0 Å². The van der Waals surface area contributed by atoms with E-state index in [0.717, 1.165) is 22.5 Å². The molecule has 4 nitrogen and oxygen atoms in total. The zero-order valence-corrected chi connectivity index (χ0v) is 16.6. The summed E-state index contributed by atoms with van der Waals surface area (Å²) in [5.74, 6) is 0. The van der Waals surface area contributed by atoms with E-state index in [-0.39, 0.29) is 5.56 Å². The summed E-state index contributed by atoms with van der Waals surface area (Å²) in [4.78, 5) is 16.4. The van der Waals surface area contributed by atoms with Crippen LogP contribution in [0.15, 0.2) is 53.3 Å². The summed E-state index contributed by atoms with van der Waals surface area (Å²) < 4.78 is 4.92. The van der Waals surface area contributed by atoms with Crippen molar-refractivity contribution < 1.29 is 0 Å². The molecule has 4 rings (SSSR count). The molecule has 2 aromatic heterocycles. The van der Waals surface area contributed by atoms with Crippen molar-refractivity contribution in [1.82, 2.24) is 14.1 Å². The molecule has 0 unspecified atom stereocenters. The number of hydrogen-bond acceptors (Lipinski definition) is 4. The molecule has 130 valence electrons. The Bertz CT molecular complexity index is 1320. The second-order valence-corrected chi connectivity index (χ2v) is 8.16. The van der Waals surface area contributed by atoms with Crippen LogP contribution in [0.25, 0.3) is 21.7 Å². The Labute approximate surface area is 164 Å². The van der Waals surface area contributed by atoms with Crippen LogP contribution < -0.4 is 5.56 Å². The Hall–Kier alpha value is -2.35. The predicted octanol–water partition coefficient (Wildman–Crippen LogP) is 5.25. The smallest absolute Gasteiger partial charge is 0.278 e. The third-order valence-electron chi connectivity index (χ3n) is 4.16. The quantitative estimate of drug-likeness (QED) is 0.470. The molecule has 0 saturated heterocycles. The van der Waals surface area contributed by atoms with E-state index in [0.29, 0.717) is 19.1 Å². The Balaban J connectivity index is 2.07. The number of aromatic nitrogens is 3. The molecule has 4 aromatic rings. The van der Waals surface area contributed by atoms with Gasteiger partial charge in [0, 0.05) is 5.69 Å². The number of nitrogens with zero attached hydrogens (tertiary/aromatic N) is 2. The van der Waals surface area contributed by atoms with Crippen LogP contribution in [0, 0.1) is 22.6 Å². The number of hydrogen-bond donors (Lipinski definition) is 1. The molecule has 0 fully saturated rings. The lowest BCUT2D eigenvalue weighted by Crippen LogP contribution is -2.20. The highest BCUT2D eigenvalue weighted by atomic mass is 32.1. The molecule has 2 heterocycles. The topological polar surface area (TPSA) is 42.7 Å². The normalized spacial score (nSPS) is 11.2. The van der Waals surface area contributed by atoms with E-state index < -0.39 is 0 Å². The lowest BCUT2D eigenvalue weighted by molar-refractivity contribution is 0.926. The highest BCUT2D eigenvalue weighted by Gasteiger charge is 2.15. The summed E-state index contributed by atoms with van der Waals surface area (Å²) in [6.45, 7) is 4.01. The molecule has 0 saturated carbocycles. The standard InChI is InChI=1S/C19H15N3OS3/c1-11-5-3-7-13(9-11)21-16-15(26-19(21)25)17(23)22(18(24)20-16)14-8-4-6-12(2)10-14/h3-10H,1-2H3,(H,20,24). The maximum Gasteiger partial charge on any atom is 0.278 e. The van der Waals surface area contributed by atoms with Crippen LogP contribution in [-0.2, 0) is 0 Å². The van der Waals surface area contributed by atoms with Crippen molar-refractivity contribution in [3.05, 3.63) is 78.7 Å². The number of aromatic amines is 1. The number of benzene rings is 2. The Kier molecular flexibility index (Phi) is 4.22. The molecule has 0 bridgehead atoms. The van der Waals surface area contributed by atoms with Crippen LogP contribution >= 0.6 is 35.8 Å². The summed E-state index contributed by atoms with van der Waals surface area (Å²) in [7, 11) is 0. The summed E-state index contributed by atoms with van der Waals surface area (Å²) in [5, 5.41) is 0. The van der Waals surface area contributed by atoms with E-state index in [1.54, 1.807) is 0 Å². The zero-order chi connectivity index (χ0) is 18.4. The van der Waals surface area contributed by atoms with Gasteiger partial charge in [0.1, 0.15) is 10.3 Å². The van der Waals surface area contributed by atoms with Crippen LogP contribution in [0.1, 0.15) is 11.1 Å². The van der Waals surface area contributed by atoms with Crippen molar-refractivity contribution in [2.24, 2.45) is 0 Å². The first-order valence-electron chi connectivity index (χ1n) is 8.00. The molecular weight excluding hydrogens is 382 g/mol. The zero-order valence-electron chi connectivity index (χ0n) is 14.1. The third-order valence-corrected chi connectivity index (χ3v) is 5.80. The fourth-order valence-electron chi connectivity index (χ4n) is 2.99. The van der Waals surface area contributed by atoms with E-state index in [4.69, 9.17) is 24.4 Å².